The molecule has 0 bridgehead atoms. The maximum Gasteiger partial charge on any atom is 0.165 e. The maximum absolute atomic E-state index is 9.64. The first-order valence-corrected chi connectivity index (χ1v) is 5.27. The first kappa shape index (κ1) is 12.9. The van der Waals surface area contributed by atoms with E-state index >= 15 is 0 Å². The first-order chi connectivity index (χ1) is 7.51. The van der Waals surface area contributed by atoms with Crippen LogP contribution in [0.2, 0.25) is 5.02 Å². The van der Waals surface area contributed by atoms with Gasteiger partial charge in [0.2, 0.25) is 0 Å². The Balaban J connectivity index is 3.34. The van der Waals surface area contributed by atoms with E-state index < -0.39 is 0 Å². The van der Waals surface area contributed by atoms with Crippen molar-refractivity contribution >= 4 is 11.6 Å². The molecule has 5 heteroatoms. The molecular weight excluding hydrogens is 230 g/mol. The van der Waals surface area contributed by atoms with Crippen molar-refractivity contribution < 1.29 is 14.6 Å². The quantitative estimate of drug-likeness (QED) is 0.851. The van der Waals surface area contributed by atoms with Crippen molar-refractivity contribution in [2.45, 2.75) is 19.4 Å². The highest BCUT2D eigenvalue weighted by atomic mass is 35.5. The molecule has 3 N–H and O–H groups in total. The molecule has 1 rings (SSSR count). The molecule has 0 spiro atoms. The van der Waals surface area contributed by atoms with Gasteiger partial charge in [-0.25, -0.2) is 0 Å². The van der Waals surface area contributed by atoms with Crippen LogP contribution < -0.4 is 15.2 Å². The van der Waals surface area contributed by atoms with E-state index in [1.165, 1.54) is 20.3 Å². The summed E-state index contributed by atoms with van der Waals surface area (Å²) in [5.74, 6) is 0.928. The molecule has 0 fully saturated rings. The van der Waals surface area contributed by atoms with Crippen molar-refractivity contribution in [3.63, 3.8) is 0 Å². The van der Waals surface area contributed by atoms with Crippen molar-refractivity contribution in [2.75, 3.05) is 14.2 Å². The number of ether oxygens (including phenoxy) is 2. The first-order valence-electron chi connectivity index (χ1n) is 4.89. The molecule has 0 saturated heterocycles. The highest BCUT2D eigenvalue weighted by Gasteiger charge is 2.18. The molecular formula is C11H16ClNO3. The summed E-state index contributed by atoms with van der Waals surface area (Å²) in [7, 11) is 3.02. The van der Waals surface area contributed by atoms with Gasteiger partial charge in [0, 0.05) is 17.7 Å². The molecule has 0 amide bonds. The Bertz CT molecular complexity index is 380. The van der Waals surface area contributed by atoms with Crippen LogP contribution in [0.4, 0.5) is 0 Å². The van der Waals surface area contributed by atoms with Crippen molar-refractivity contribution in [3.05, 3.63) is 16.7 Å². The maximum atomic E-state index is 9.64. The molecule has 4 nitrogen and oxygen atoms in total. The second-order valence-corrected chi connectivity index (χ2v) is 3.98. The van der Waals surface area contributed by atoms with Crippen LogP contribution >= 0.6 is 11.6 Å². The van der Waals surface area contributed by atoms with Crippen molar-refractivity contribution in [1.29, 1.82) is 0 Å². The van der Waals surface area contributed by atoms with Crippen LogP contribution in [-0.2, 0) is 6.42 Å². The van der Waals surface area contributed by atoms with Crippen molar-refractivity contribution in [1.82, 2.24) is 0 Å². The second-order valence-electron chi connectivity index (χ2n) is 3.61. The summed E-state index contributed by atoms with van der Waals surface area (Å²) in [4.78, 5) is 0. The van der Waals surface area contributed by atoms with Crippen molar-refractivity contribution in [3.8, 4) is 17.2 Å². The summed E-state index contributed by atoms with van der Waals surface area (Å²) in [6.07, 6.45) is 0.507. The number of benzene rings is 1. The third-order valence-corrected chi connectivity index (χ3v) is 2.63. The normalized spacial score (nSPS) is 12.3. The van der Waals surface area contributed by atoms with Crippen LogP contribution in [0.15, 0.2) is 6.07 Å². The Labute approximate surface area is 99.9 Å². The highest BCUT2D eigenvalue weighted by molar-refractivity contribution is 6.33. The SMILES string of the molecule is COc1cc(O)c(Cl)c(CC(C)N)c1OC. The van der Waals surface area contributed by atoms with E-state index in [9.17, 15) is 5.11 Å². The zero-order valence-electron chi connectivity index (χ0n) is 9.58. The molecule has 1 atom stereocenters. The summed E-state index contributed by atoms with van der Waals surface area (Å²) in [5.41, 5.74) is 6.38. The number of halogens is 1. The highest BCUT2D eigenvalue weighted by Crippen LogP contribution is 2.42. The molecule has 0 heterocycles. The number of rotatable bonds is 4. The molecule has 90 valence electrons. The van der Waals surface area contributed by atoms with E-state index in [1.54, 1.807) is 0 Å². The van der Waals surface area contributed by atoms with Gasteiger partial charge in [0.25, 0.3) is 0 Å². The van der Waals surface area contributed by atoms with Crippen LogP contribution in [-0.4, -0.2) is 25.4 Å². The number of phenols is 1. The molecule has 0 aliphatic heterocycles. The Hall–Kier alpha value is -1.13. The Morgan fingerprint density at radius 2 is 2.06 bits per heavy atom. The zero-order valence-corrected chi connectivity index (χ0v) is 10.3. The number of methoxy groups -OCH3 is 2. The van der Waals surface area contributed by atoms with E-state index in [1.807, 2.05) is 6.92 Å². The summed E-state index contributed by atoms with van der Waals surface area (Å²) in [6, 6.07) is 1.34. The standard InChI is InChI=1S/C11H16ClNO3/c1-6(13)4-7-10(12)8(14)5-9(15-2)11(7)16-3/h5-6,14H,4,13H2,1-3H3. The average molecular weight is 246 g/mol. The minimum absolute atomic E-state index is 0.0324. The zero-order chi connectivity index (χ0) is 12.3. The smallest absolute Gasteiger partial charge is 0.165 e. The largest absolute Gasteiger partial charge is 0.506 e. The third-order valence-electron chi connectivity index (χ3n) is 2.21. The predicted octanol–water partition coefficient (Wildman–Crippen LogP) is 1.95. The summed E-state index contributed by atoms with van der Waals surface area (Å²) < 4.78 is 10.3. The summed E-state index contributed by atoms with van der Waals surface area (Å²) >= 11 is 6.01. The van der Waals surface area contributed by atoms with E-state index in [4.69, 9.17) is 26.8 Å². The fraction of sp³-hybridized carbons (Fsp3) is 0.455. The number of phenolic OH excluding ortho intramolecular Hbond substituents is 1. The number of hydrogen-bond acceptors (Lipinski definition) is 4. The molecule has 0 saturated carbocycles. The Kier molecular flexibility index (Phi) is 4.26. The number of nitrogens with two attached hydrogens (primary N) is 1. The Morgan fingerprint density at radius 3 is 2.50 bits per heavy atom. The lowest BCUT2D eigenvalue weighted by Crippen LogP contribution is -2.18. The lowest BCUT2D eigenvalue weighted by molar-refractivity contribution is 0.347. The average Bonchev–Trinajstić information content (AvgIpc) is 2.23. The van der Waals surface area contributed by atoms with Crippen LogP contribution in [0.1, 0.15) is 12.5 Å². The van der Waals surface area contributed by atoms with E-state index in [-0.39, 0.29) is 16.8 Å². The molecule has 1 aromatic rings. The van der Waals surface area contributed by atoms with E-state index in [0.29, 0.717) is 23.5 Å². The van der Waals surface area contributed by atoms with Crippen LogP contribution in [0.25, 0.3) is 0 Å². The van der Waals surface area contributed by atoms with Gasteiger partial charge in [-0.2, -0.15) is 0 Å². The van der Waals surface area contributed by atoms with Gasteiger partial charge >= 0.3 is 0 Å². The van der Waals surface area contributed by atoms with Gasteiger partial charge in [-0.3, -0.25) is 0 Å². The molecule has 1 unspecified atom stereocenters. The van der Waals surface area contributed by atoms with Gasteiger partial charge in [-0.1, -0.05) is 11.6 Å². The fourth-order valence-electron chi connectivity index (χ4n) is 1.54. The van der Waals surface area contributed by atoms with Crippen molar-refractivity contribution in [2.24, 2.45) is 5.73 Å². The van der Waals surface area contributed by atoms with E-state index in [0.717, 1.165) is 0 Å². The minimum atomic E-state index is -0.0853. The van der Waals surface area contributed by atoms with Crippen LogP contribution in [0.5, 0.6) is 17.2 Å². The molecule has 0 aromatic heterocycles. The predicted molar refractivity (Wildman–Crippen MR) is 63.6 cm³/mol. The summed E-state index contributed by atoms with van der Waals surface area (Å²) in [6.45, 7) is 1.85. The van der Waals surface area contributed by atoms with E-state index in [2.05, 4.69) is 0 Å². The Morgan fingerprint density at radius 1 is 1.44 bits per heavy atom. The van der Waals surface area contributed by atoms with Gasteiger partial charge in [-0.05, 0) is 13.3 Å². The van der Waals surface area contributed by atoms with Gasteiger partial charge < -0.3 is 20.3 Å². The third kappa shape index (κ3) is 2.51. The lowest BCUT2D eigenvalue weighted by atomic mass is 10.1. The number of aromatic hydroxyl groups is 1. The van der Waals surface area contributed by atoms with Crippen LogP contribution in [0.3, 0.4) is 0 Å². The van der Waals surface area contributed by atoms with Gasteiger partial charge in [0.1, 0.15) is 5.75 Å². The van der Waals surface area contributed by atoms with Gasteiger partial charge in [-0.15, -0.1) is 0 Å². The second kappa shape index (κ2) is 5.27. The fourth-order valence-corrected chi connectivity index (χ4v) is 1.75. The molecule has 0 radical (unpaired) electrons. The molecule has 1 aromatic carbocycles. The minimum Gasteiger partial charge on any atom is -0.506 e. The number of hydrogen-bond donors (Lipinski definition) is 2. The molecule has 0 aliphatic rings. The summed E-state index contributed by atoms with van der Waals surface area (Å²) in [5, 5.41) is 9.90. The molecule has 16 heavy (non-hydrogen) atoms. The lowest BCUT2D eigenvalue weighted by Gasteiger charge is -2.16. The van der Waals surface area contributed by atoms with Crippen LogP contribution in [0, 0.1) is 0 Å². The van der Waals surface area contributed by atoms with Gasteiger partial charge in [0.05, 0.1) is 19.2 Å². The van der Waals surface area contributed by atoms with Gasteiger partial charge in [0.15, 0.2) is 11.5 Å². The molecule has 0 aliphatic carbocycles. The monoisotopic (exact) mass is 245 g/mol. The topological polar surface area (TPSA) is 64.7 Å².